The quantitative estimate of drug-likeness (QED) is 0.298. The van der Waals surface area contributed by atoms with Crippen molar-refractivity contribution in [1.29, 1.82) is 0 Å². The number of aliphatic carboxylic acids is 1. The number of carboxylic acid groups (broad SMARTS) is 1. The fourth-order valence-electron chi connectivity index (χ4n) is 4.81. The van der Waals surface area contributed by atoms with Crippen LogP contribution in [0.25, 0.3) is 0 Å². The van der Waals surface area contributed by atoms with E-state index < -0.39 is 29.8 Å². The molecule has 2 atom stereocenters. The van der Waals surface area contributed by atoms with Gasteiger partial charge in [-0.15, -0.1) is 0 Å². The van der Waals surface area contributed by atoms with Crippen LogP contribution in [0.2, 0.25) is 0 Å². The second kappa shape index (κ2) is 11.9. The Morgan fingerprint density at radius 2 is 1.62 bits per heavy atom. The number of amides is 1. The first-order chi connectivity index (χ1) is 19.4. The zero-order valence-corrected chi connectivity index (χ0v) is 21.8. The molecule has 0 bridgehead atoms. The van der Waals surface area contributed by atoms with Crippen molar-refractivity contribution in [3.05, 3.63) is 125 Å². The van der Waals surface area contributed by atoms with Crippen LogP contribution in [0, 0.1) is 5.82 Å². The number of benzene rings is 4. The molecule has 5 rings (SSSR count). The van der Waals surface area contributed by atoms with Crippen LogP contribution >= 0.6 is 0 Å². The summed E-state index contributed by atoms with van der Waals surface area (Å²) in [6.45, 7) is 0.308. The number of hydrogen-bond acceptors (Lipinski definition) is 5. The second-order valence-electron chi connectivity index (χ2n) is 9.40. The van der Waals surface area contributed by atoms with Crippen LogP contribution in [0.3, 0.4) is 0 Å². The van der Waals surface area contributed by atoms with Crippen molar-refractivity contribution in [3.8, 4) is 17.2 Å². The molecular weight excluding hydrogens is 513 g/mol. The first kappa shape index (κ1) is 26.7. The Bertz CT molecular complexity index is 1480. The number of nitrogens with zero attached hydrogens (tertiary/aromatic N) is 1. The summed E-state index contributed by atoms with van der Waals surface area (Å²) < 4.78 is 31.2. The maximum atomic E-state index is 14.0. The molecule has 0 fully saturated rings. The third-order valence-electron chi connectivity index (χ3n) is 6.84. The van der Waals surface area contributed by atoms with Gasteiger partial charge in [0.25, 0.3) is 5.91 Å². The zero-order chi connectivity index (χ0) is 28.1. The average Bonchev–Trinajstić information content (AvgIpc) is 2.99. The Morgan fingerprint density at radius 3 is 2.27 bits per heavy atom. The summed E-state index contributed by atoms with van der Waals surface area (Å²) in [7, 11) is 1.53. The van der Waals surface area contributed by atoms with Gasteiger partial charge in [-0.1, -0.05) is 66.7 Å². The van der Waals surface area contributed by atoms with Crippen molar-refractivity contribution >= 4 is 11.9 Å². The molecule has 204 valence electrons. The molecular formula is C32H28FNO6. The topological polar surface area (TPSA) is 85.3 Å². The SMILES string of the molecule is COc1ccc2c(c1OCc1ccccc1)C[C@H](C(=O)O)N(C(=O)[C@H](Oc1ccc(F)cc1)c1ccccc1)C2. The summed E-state index contributed by atoms with van der Waals surface area (Å²) in [4.78, 5) is 27.9. The standard InChI is InChI=1S/C32H28FNO6/c1-38-28-17-12-23-19-34(27(32(36)37)18-26(23)30(28)39-20-21-8-4-2-5-9-21)31(35)29(22-10-6-3-7-11-22)40-25-15-13-24(33)14-16-25/h2-17,27,29H,18-20H2,1H3,(H,36,37)/t27-,29-/m1/s1. The molecule has 0 unspecified atom stereocenters. The molecule has 1 aliphatic heterocycles. The number of halogens is 1. The van der Waals surface area contributed by atoms with Crippen LogP contribution in [0.4, 0.5) is 4.39 Å². The highest BCUT2D eigenvalue weighted by molar-refractivity contribution is 5.88. The van der Waals surface area contributed by atoms with Gasteiger partial charge in [0.05, 0.1) is 7.11 Å². The molecule has 0 spiro atoms. The van der Waals surface area contributed by atoms with Gasteiger partial charge in [0, 0.05) is 24.1 Å². The Labute approximate surface area is 231 Å². The largest absolute Gasteiger partial charge is 0.493 e. The first-order valence-corrected chi connectivity index (χ1v) is 12.8. The van der Waals surface area contributed by atoms with Gasteiger partial charge in [-0.2, -0.15) is 0 Å². The monoisotopic (exact) mass is 541 g/mol. The Morgan fingerprint density at radius 1 is 0.950 bits per heavy atom. The van der Waals surface area contributed by atoms with Crippen molar-refractivity contribution in [3.63, 3.8) is 0 Å². The minimum absolute atomic E-state index is 0.0236. The van der Waals surface area contributed by atoms with Crippen LogP contribution in [-0.2, 0) is 29.2 Å². The van der Waals surface area contributed by atoms with E-state index >= 15 is 0 Å². The van der Waals surface area contributed by atoms with Gasteiger partial charge in [0.2, 0.25) is 6.10 Å². The van der Waals surface area contributed by atoms with E-state index in [-0.39, 0.29) is 25.3 Å². The van der Waals surface area contributed by atoms with Crippen molar-refractivity contribution in [1.82, 2.24) is 4.90 Å². The van der Waals surface area contributed by atoms with E-state index in [2.05, 4.69) is 0 Å². The molecule has 8 heteroatoms. The Balaban J connectivity index is 1.48. The molecule has 1 aliphatic rings. The van der Waals surface area contributed by atoms with E-state index in [0.29, 0.717) is 22.6 Å². The van der Waals surface area contributed by atoms with Crippen LogP contribution in [0.15, 0.2) is 97.1 Å². The Hall–Kier alpha value is -4.85. The average molecular weight is 542 g/mol. The fraction of sp³-hybridized carbons (Fsp3) is 0.188. The zero-order valence-electron chi connectivity index (χ0n) is 21.8. The predicted molar refractivity (Wildman–Crippen MR) is 146 cm³/mol. The second-order valence-corrected chi connectivity index (χ2v) is 9.40. The third kappa shape index (κ3) is 5.76. The molecule has 1 heterocycles. The number of methoxy groups -OCH3 is 1. The molecule has 1 N–H and O–H groups in total. The third-order valence-corrected chi connectivity index (χ3v) is 6.84. The van der Waals surface area contributed by atoms with Gasteiger partial charge in [-0.05, 0) is 41.5 Å². The van der Waals surface area contributed by atoms with Gasteiger partial charge < -0.3 is 24.2 Å². The van der Waals surface area contributed by atoms with Gasteiger partial charge in [0.1, 0.15) is 24.2 Å². The highest BCUT2D eigenvalue weighted by Gasteiger charge is 2.40. The number of carbonyl (C=O) groups excluding carboxylic acids is 1. The maximum absolute atomic E-state index is 14.0. The number of rotatable bonds is 9. The number of fused-ring (bicyclic) bond motifs is 1. The van der Waals surface area contributed by atoms with E-state index in [9.17, 15) is 19.1 Å². The van der Waals surface area contributed by atoms with Crippen molar-refractivity contribution in [2.24, 2.45) is 0 Å². The lowest BCUT2D eigenvalue weighted by atomic mass is 9.91. The van der Waals surface area contributed by atoms with Crippen molar-refractivity contribution in [2.45, 2.75) is 31.7 Å². The smallest absolute Gasteiger partial charge is 0.326 e. The van der Waals surface area contributed by atoms with Crippen LogP contribution in [-0.4, -0.2) is 35.0 Å². The molecule has 4 aromatic rings. The molecule has 7 nitrogen and oxygen atoms in total. The van der Waals surface area contributed by atoms with E-state index in [1.807, 2.05) is 42.5 Å². The minimum atomic E-state index is -1.17. The summed E-state index contributed by atoms with van der Waals surface area (Å²) in [6, 6.07) is 26.2. The van der Waals surface area contributed by atoms with E-state index in [1.54, 1.807) is 30.3 Å². The minimum Gasteiger partial charge on any atom is -0.493 e. The van der Waals surface area contributed by atoms with E-state index in [0.717, 1.165) is 11.1 Å². The van der Waals surface area contributed by atoms with E-state index in [1.165, 1.54) is 36.3 Å². The Kier molecular flexibility index (Phi) is 7.96. The molecule has 0 aromatic heterocycles. The maximum Gasteiger partial charge on any atom is 0.326 e. The predicted octanol–water partition coefficient (Wildman–Crippen LogP) is 5.57. The molecule has 4 aromatic carbocycles. The summed E-state index contributed by atoms with van der Waals surface area (Å²) in [5.74, 6) is -0.867. The van der Waals surface area contributed by atoms with Gasteiger partial charge in [-0.25, -0.2) is 9.18 Å². The van der Waals surface area contributed by atoms with Gasteiger partial charge >= 0.3 is 5.97 Å². The van der Waals surface area contributed by atoms with Crippen LogP contribution in [0.5, 0.6) is 17.2 Å². The first-order valence-electron chi connectivity index (χ1n) is 12.8. The summed E-state index contributed by atoms with van der Waals surface area (Å²) in [6.07, 6.45) is -1.11. The molecule has 0 saturated heterocycles. The number of carboxylic acids is 1. The number of hydrogen-bond donors (Lipinski definition) is 1. The summed E-state index contributed by atoms with van der Waals surface area (Å²) >= 11 is 0. The lowest BCUT2D eigenvalue weighted by molar-refractivity contribution is -0.155. The molecule has 40 heavy (non-hydrogen) atoms. The molecule has 1 amide bonds. The molecule has 0 aliphatic carbocycles. The van der Waals surface area contributed by atoms with Crippen molar-refractivity contribution < 1.29 is 33.3 Å². The van der Waals surface area contributed by atoms with Gasteiger partial charge in [0.15, 0.2) is 11.5 Å². The molecule has 0 saturated carbocycles. The van der Waals surface area contributed by atoms with Gasteiger partial charge in [-0.3, -0.25) is 4.79 Å². The number of carbonyl (C=O) groups is 2. The highest BCUT2D eigenvalue weighted by atomic mass is 19.1. The fourth-order valence-corrected chi connectivity index (χ4v) is 4.81. The number of ether oxygens (including phenoxy) is 3. The van der Waals surface area contributed by atoms with Crippen LogP contribution < -0.4 is 14.2 Å². The van der Waals surface area contributed by atoms with E-state index in [4.69, 9.17) is 14.2 Å². The lowest BCUT2D eigenvalue weighted by Gasteiger charge is -2.37. The normalized spacial score (nSPS) is 15.1. The molecule has 0 radical (unpaired) electrons. The lowest BCUT2D eigenvalue weighted by Crippen LogP contribution is -2.51. The summed E-state index contributed by atoms with van der Waals surface area (Å²) in [5.41, 5.74) is 2.94. The van der Waals surface area contributed by atoms with Crippen molar-refractivity contribution in [2.75, 3.05) is 7.11 Å². The highest BCUT2D eigenvalue weighted by Crippen LogP contribution is 2.40. The van der Waals surface area contributed by atoms with Crippen LogP contribution in [0.1, 0.15) is 28.4 Å². The summed E-state index contributed by atoms with van der Waals surface area (Å²) in [5, 5.41) is 10.2.